The molecule has 0 saturated carbocycles. The maximum absolute atomic E-state index is 14.6. The number of nitrogens with two attached hydrogens (primary N) is 1. The minimum atomic E-state index is -5.37. The highest BCUT2D eigenvalue weighted by Gasteiger charge is 2.57. The molecule has 4 aromatic rings. The Balaban J connectivity index is 1.54. The lowest BCUT2D eigenvalue weighted by molar-refractivity contribution is -0.265. The largest absolute Gasteiger partial charge is 0.496 e. The van der Waals surface area contributed by atoms with Gasteiger partial charge in [-0.1, -0.05) is 0 Å². The number of hydrogen-bond acceptors (Lipinski definition) is 8. The summed E-state index contributed by atoms with van der Waals surface area (Å²) in [5.41, 5.74) is -0.425. The standard InChI is InChI=1S/C30H26F4N4O6/c1-15-12-36-26(44-15)19-9-6-17(10-21(19)42-3)25(39)37-13-29(41,30(32,33)34)22-11-20-24(43-14-28(20,2)27(35)40)23(38-22)16-4-7-18(31)8-5-16/h4-12,41H,13-14H2,1-3H3,(H2,35,40)(H,37,39)/t28-,29?/m0/s1. The van der Waals surface area contributed by atoms with E-state index in [1.807, 2.05) is 0 Å². The van der Waals surface area contributed by atoms with Crippen LogP contribution < -0.4 is 20.5 Å². The summed E-state index contributed by atoms with van der Waals surface area (Å²) in [6.45, 7) is 1.40. The lowest BCUT2D eigenvalue weighted by Gasteiger charge is -2.31. The van der Waals surface area contributed by atoms with E-state index in [1.54, 1.807) is 6.92 Å². The number of pyridine rings is 1. The molecule has 2 aromatic heterocycles. The third-order valence-corrected chi connectivity index (χ3v) is 7.45. The van der Waals surface area contributed by atoms with Gasteiger partial charge in [0.25, 0.3) is 5.91 Å². The average molecular weight is 615 g/mol. The second-order valence-electron chi connectivity index (χ2n) is 10.5. The van der Waals surface area contributed by atoms with Crippen molar-refractivity contribution in [2.75, 3.05) is 20.3 Å². The van der Waals surface area contributed by atoms with Crippen molar-refractivity contribution in [2.24, 2.45) is 5.73 Å². The minimum Gasteiger partial charge on any atom is -0.496 e. The first kappa shape index (κ1) is 30.5. The highest BCUT2D eigenvalue weighted by molar-refractivity contribution is 5.95. The molecule has 0 radical (unpaired) electrons. The predicted octanol–water partition coefficient (Wildman–Crippen LogP) is 4.18. The van der Waals surface area contributed by atoms with Crippen LogP contribution in [0.15, 0.2) is 59.1 Å². The molecule has 44 heavy (non-hydrogen) atoms. The number of oxazole rings is 1. The monoisotopic (exact) mass is 614 g/mol. The molecular formula is C30H26F4N4O6. The Kier molecular flexibility index (Phi) is 7.58. The number of rotatable bonds is 8. The van der Waals surface area contributed by atoms with Gasteiger partial charge >= 0.3 is 6.18 Å². The molecule has 5 rings (SSSR count). The van der Waals surface area contributed by atoms with E-state index in [-0.39, 0.29) is 46.4 Å². The quantitative estimate of drug-likeness (QED) is 0.250. The highest BCUT2D eigenvalue weighted by atomic mass is 19.4. The van der Waals surface area contributed by atoms with E-state index in [0.29, 0.717) is 11.3 Å². The Morgan fingerprint density at radius 2 is 1.86 bits per heavy atom. The van der Waals surface area contributed by atoms with Gasteiger partial charge in [0, 0.05) is 16.7 Å². The number of fused-ring (bicyclic) bond motifs is 1. The molecule has 2 amide bonds. The van der Waals surface area contributed by atoms with Crippen molar-refractivity contribution >= 4 is 11.8 Å². The summed E-state index contributed by atoms with van der Waals surface area (Å²) in [5.74, 6) is -1.60. The van der Waals surface area contributed by atoms with Gasteiger partial charge in [-0.05, 0) is 62.4 Å². The molecule has 3 heterocycles. The molecule has 1 unspecified atom stereocenters. The Morgan fingerprint density at radius 1 is 1.16 bits per heavy atom. The number of carbonyl (C=O) groups excluding carboxylic acids is 2. The number of primary amides is 1. The van der Waals surface area contributed by atoms with Gasteiger partial charge in [0.1, 0.15) is 40.8 Å². The van der Waals surface area contributed by atoms with Crippen molar-refractivity contribution < 1.29 is 46.1 Å². The lowest BCUT2D eigenvalue weighted by atomic mass is 9.81. The van der Waals surface area contributed by atoms with E-state index < -0.39 is 47.1 Å². The van der Waals surface area contributed by atoms with Crippen LogP contribution in [0.4, 0.5) is 17.6 Å². The molecule has 2 atom stereocenters. The Bertz CT molecular complexity index is 1760. The summed E-state index contributed by atoms with van der Waals surface area (Å²) in [6.07, 6.45) is -3.88. The first-order valence-corrected chi connectivity index (χ1v) is 13.1. The molecule has 14 heteroatoms. The molecule has 0 aliphatic carbocycles. The van der Waals surface area contributed by atoms with Crippen LogP contribution >= 0.6 is 0 Å². The Morgan fingerprint density at radius 3 is 2.45 bits per heavy atom. The molecule has 230 valence electrons. The topological polar surface area (TPSA) is 150 Å². The summed E-state index contributed by atoms with van der Waals surface area (Å²) in [4.78, 5) is 33.6. The molecule has 0 spiro atoms. The van der Waals surface area contributed by atoms with E-state index in [0.717, 1.165) is 18.2 Å². The second-order valence-corrected chi connectivity index (χ2v) is 10.5. The Labute approximate surface area is 247 Å². The third-order valence-electron chi connectivity index (χ3n) is 7.45. The number of aliphatic hydroxyl groups is 1. The van der Waals surface area contributed by atoms with Crippen LogP contribution in [0.3, 0.4) is 0 Å². The number of methoxy groups -OCH3 is 1. The maximum Gasteiger partial charge on any atom is 0.424 e. The molecule has 1 aliphatic rings. The van der Waals surface area contributed by atoms with E-state index in [1.165, 1.54) is 50.6 Å². The number of halogens is 4. The van der Waals surface area contributed by atoms with Gasteiger partial charge in [-0.2, -0.15) is 13.2 Å². The zero-order valence-electron chi connectivity index (χ0n) is 23.6. The zero-order chi connectivity index (χ0) is 32.0. The van der Waals surface area contributed by atoms with Crippen LogP contribution in [0.25, 0.3) is 22.7 Å². The van der Waals surface area contributed by atoms with Crippen LogP contribution in [-0.4, -0.2) is 53.3 Å². The van der Waals surface area contributed by atoms with Gasteiger partial charge in [-0.15, -0.1) is 0 Å². The number of carbonyl (C=O) groups is 2. The minimum absolute atomic E-state index is 0.0383. The first-order valence-electron chi connectivity index (χ1n) is 13.1. The molecule has 0 fully saturated rings. The van der Waals surface area contributed by atoms with Gasteiger partial charge in [0.05, 0.1) is 31.1 Å². The SMILES string of the molecule is COc1cc(C(=O)NCC(O)(c2cc3c(c(-c4ccc(F)cc4)n2)OC[C@]3(C)C(N)=O)C(F)(F)F)ccc1-c1ncc(C)o1. The third kappa shape index (κ3) is 5.21. The van der Waals surface area contributed by atoms with Gasteiger partial charge < -0.3 is 30.0 Å². The first-order chi connectivity index (χ1) is 20.7. The van der Waals surface area contributed by atoms with Gasteiger partial charge in [-0.3, -0.25) is 9.59 Å². The van der Waals surface area contributed by atoms with Crippen molar-refractivity contribution in [3.63, 3.8) is 0 Å². The van der Waals surface area contributed by atoms with E-state index in [9.17, 15) is 32.3 Å². The number of nitrogens with one attached hydrogen (secondary N) is 1. The number of ether oxygens (including phenoxy) is 2. The van der Waals surface area contributed by atoms with Crippen molar-refractivity contribution in [3.05, 3.63) is 83.1 Å². The predicted molar refractivity (Wildman–Crippen MR) is 147 cm³/mol. The highest BCUT2D eigenvalue weighted by Crippen LogP contribution is 2.47. The summed E-state index contributed by atoms with van der Waals surface area (Å²) in [7, 11) is 1.33. The van der Waals surface area contributed by atoms with Gasteiger partial charge in [0.15, 0.2) is 0 Å². The summed E-state index contributed by atoms with van der Waals surface area (Å²) >= 11 is 0. The number of alkyl halides is 3. The van der Waals surface area contributed by atoms with E-state index in [2.05, 4.69) is 15.3 Å². The molecule has 2 aromatic carbocycles. The summed E-state index contributed by atoms with van der Waals surface area (Å²) in [6, 6.07) is 9.61. The fourth-order valence-electron chi connectivity index (χ4n) is 4.74. The Hall–Kier alpha value is -4.98. The van der Waals surface area contributed by atoms with Crippen LogP contribution in [-0.2, 0) is 15.8 Å². The fraction of sp³-hybridized carbons (Fsp3) is 0.267. The fourth-order valence-corrected chi connectivity index (χ4v) is 4.74. The number of aryl methyl sites for hydroxylation is 1. The molecule has 0 bridgehead atoms. The van der Waals surface area contributed by atoms with Crippen molar-refractivity contribution in [1.82, 2.24) is 15.3 Å². The second kappa shape index (κ2) is 10.9. The van der Waals surface area contributed by atoms with Crippen LogP contribution in [0.2, 0.25) is 0 Å². The van der Waals surface area contributed by atoms with E-state index >= 15 is 0 Å². The molecular weight excluding hydrogens is 588 g/mol. The molecule has 10 nitrogen and oxygen atoms in total. The lowest BCUT2D eigenvalue weighted by Crippen LogP contribution is -2.51. The smallest absolute Gasteiger partial charge is 0.424 e. The maximum atomic E-state index is 14.6. The van der Waals surface area contributed by atoms with E-state index in [4.69, 9.17) is 19.6 Å². The summed E-state index contributed by atoms with van der Waals surface area (Å²) < 4.78 is 74.0. The average Bonchev–Trinajstić information content (AvgIpc) is 3.58. The molecule has 4 N–H and O–H groups in total. The van der Waals surface area contributed by atoms with Crippen LogP contribution in [0.1, 0.15) is 34.3 Å². The summed E-state index contributed by atoms with van der Waals surface area (Å²) in [5, 5.41) is 13.3. The van der Waals surface area contributed by atoms with Crippen molar-refractivity contribution in [2.45, 2.75) is 31.0 Å². The van der Waals surface area contributed by atoms with Gasteiger partial charge in [-0.25, -0.2) is 14.4 Å². The van der Waals surface area contributed by atoms with Gasteiger partial charge in [0.2, 0.25) is 17.4 Å². The molecule has 0 saturated heterocycles. The number of benzene rings is 2. The number of nitrogens with zero attached hydrogens (tertiary/aromatic N) is 2. The normalized spacial score (nSPS) is 17.4. The van der Waals surface area contributed by atoms with Crippen LogP contribution in [0.5, 0.6) is 11.5 Å². The molecule has 1 aliphatic heterocycles. The van der Waals surface area contributed by atoms with Crippen LogP contribution in [0, 0.1) is 12.7 Å². The number of aromatic nitrogens is 2. The van der Waals surface area contributed by atoms with Crippen molar-refractivity contribution in [3.8, 4) is 34.2 Å². The number of hydrogen-bond donors (Lipinski definition) is 3. The van der Waals surface area contributed by atoms with Crippen molar-refractivity contribution in [1.29, 1.82) is 0 Å². The number of amides is 2. The zero-order valence-corrected chi connectivity index (χ0v) is 23.6.